The van der Waals surface area contributed by atoms with Crippen molar-refractivity contribution in [3.8, 4) is 5.75 Å². The maximum atomic E-state index is 6.07. The summed E-state index contributed by atoms with van der Waals surface area (Å²) in [7, 11) is 2.06. The van der Waals surface area contributed by atoms with Crippen LogP contribution in [0.2, 0.25) is 5.02 Å². The van der Waals surface area contributed by atoms with Gasteiger partial charge in [-0.1, -0.05) is 23.7 Å². The van der Waals surface area contributed by atoms with Crippen molar-refractivity contribution in [2.45, 2.75) is 13.3 Å². The number of aliphatic imine (C=N–C) groups is 1. The molecule has 136 valence electrons. The third-order valence-corrected chi connectivity index (χ3v) is 4.01. The lowest BCUT2D eigenvalue weighted by Crippen LogP contribution is -2.41. The molecule has 1 aromatic carbocycles. The van der Waals surface area contributed by atoms with Crippen molar-refractivity contribution in [1.82, 2.24) is 10.2 Å². The molecular formula is C17H27ClIN3O2. The highest BCUT2D eigenvalue weighted by molar-refractivity contribution is 14.0. The van der Waals surface area contributed by atoms with Crippen LogP contribution in [0.3, 0.4) is 0 Å². The van der Waals surface area contributed by atoms with E-state index in [0.717, 1.165) is 38.7 Å². The van der Waals surface area contributed by atoms with Crippen LogP contribution in [0, 0.1) is 5.92 Å². The maximum absolute atomic E-state index is 6.07. The Balaban J connectivity index is 0.00000288. The van der Waals surface area contributed by atoms with Gasteiger partial charge in [-0.25, -0.2) is 4.99 Å². The summed E-state index contributed by atoms with van der Waals surface area (Å²) < 4.78 is 11.1. The number of nitrogens with zero attached hydrogens (tertiary/aromatic N) is 2. The summed E-state index contributed by atoms with van der Waals surface area (Å²) in [5.41, 5.74) is 0. The molecule has 0 bridgehead atoms. The number of guanidine groups is 1. The van der Waals surface area contributed by atoms with E-state index < -0.39 is 0 Å². The normalized spacial score (nSPS) is 17.3. The topological polar surface area (TPSA) is 46.1 Å². The summed E-state index contributed by atoms with van der Waals surface area (Å²) in [6, 6.07) is 7.48. The molecule has 0 aliphatic carbocycles. The van der Waals surface area contributed by atoms with E-state index >= 15 is 0 Å². The number of nitrogens with one attached hydrogen (secondary N) is 1. The monoisotopic (exact) mass is 467 g/mol. The number of rotatable bonds is 7. The van der Waals surface area contributed by atoms with Crippen molar-refractivity contribution < 1.29 is 9.47 Å². The summed E-state index contributed by atoms with van der Waals surface area (Å²) >= 11 is 6.07. The second kappa shape index (κ2) is 11.8. The van der Waals surface area contributed by atoms with E-state index in [0.29, 0.717) is 29.8 Å². The van der Waals surface area contributed by atoms with Gasteiger partial charge in [-0.3, -0.25) is 0 Å². The fourth-order valence-corrected chi connectivity index (χ4v) is 2.73. The van der Waals surface area contributed by atoms with E-state index in [9.17, 15) is 0 Å². The summed E-state index contributed by atoms with van der Waals surface area (Å²) in [5, 5.41) is 3.95. The molecule has 1 N–H and O–H groups in total. The summed E-state index contributed by atoms with van der Waals surface area (Å²) in [4.78, 5) is 6.79. The third kappa shape index (κ3) is 7.03. The first-order valence-electron chi connectivity index (χ1n) is 8.15. The molecular weight excluding hydrogens is 441 g/mol. The summed E-state index contributed by atoms with van der Waals surface area (Å²) in [6.45, 7) is 6.67. The van der Waals surface area contributed by atoms with Gasteiger partial charge in [-0.05, 0) is 25.5 Å². The van der Waals surface area contributed by atoms with Gasteiger partial charge in [0.15, 0.2) is 5.96 Å². The number of para-hydroxylation sites is 1. The molecule has 1 heterocycles. The van der Waals surface area contributed by atoms with Gasteiger partial charge in [0.25, 0.3) is 0 Å². The Labute approximate surface area is 166 Å². The van der Waals surface area contributed by atoms with E-state index in [1.807, 2.05) is 24.3 Å². The molecule has 24 heavy (non-hydrogen) atoms. The molecule has 1 saturated heterocycles. The lowest BCUT2D eigenvalue weighted by Gasteiger charge is -2.24. The van der Waals surface area contributed by atoms with E-state index in [4.69, 9.17) is 21.1 Å². The maximum Gasteiger partial charge on any atom is 0.193 e. The molecule has 0 radical (unpaired) electrons. The number of hydrogen-bond acceptors (Lipinski definition) is 3. The second-order valence-corrected chi connectivity index (χ2v) is 6.03. The van der Waals surface area contributed by atoms with Crippen LogP contribution in [0.15, 0.2) is 29.3 Å². The lowest BCUT2D eigenvalue weighted by atomic mass is 10.1. The number of hydrogen-bond donors (Lipinski definition) is 1. The van der Waals surface area contributed by atoms with Crippen molar-refractivity contribution in [3.05, 3.63) is 29.3 Å². The molecule has 0 saturated carbocycles. The van der Waals surface area contributed by atoms with E-state index in [2.05, 4.69) is 29.2 Å². The Morgan fingerprint density at radius 1 is 1.46 bits per heavy atom. The molecule has 1 atom stereocenters. The number of halogens is 2. The molecule has 1 aliphatic rings. The zero-order valence-electron chi connectivity index (χ0n) is 14.3. The van der Waals surface area contributed by atoms with E-state index in [1.165, 1.54) is 0 Å². The van der Waals surface area contributed by atoms with Gasteiger partial charge in [-0.15, -0.1) is 24.0 Å². The van der Waals surface area contributed by atoms with Crippen LogP contribution >= 0.6 is 35.6 Å². The highest BCUT2D eigenvalue weighted by Crippen LogP contribution is 2.22. The average molecular weight is 468 g/mol. The first-order chi connectivity index (χ1) is 11.2. The first kappa shape index (κ1) is 21.3. The molecule has 1 aromatic rings. The predicted octanol–water partition coefficient (Wildman–Crippen LogP) is 3.27. The molecule has 0 aromatic heterocycles. The zero-order chi connectivity index (χ0) is 16.5. The van der Waals surface area contributed by atoms with Crippen LogP contribution in [0.1, 0.15) is 13.3 Å². The van der Waals surface area contributed by atoms with E-state index in [-0.39, 0.29) is 24.0 Å². The molecule has 2 rings (SSSR count). The Kier molecular flexibility index (Phi) is 10.4. The van der Waals surface area contributed by atoms with Crippen molar-refractivity contribution in [3.63, 3.8) is 0 Å². The van der Waals surface area contributed by atoms with Crippen LogP contribution in [0.5, 0.6) is 5.75 Å². The van der Waals surface area contributed by atoms with Crippen molar-refractivity contribution in [2.24, 2.45) is 10.9 Å². The molecule has 0 spiro atoms. The Morgan fingerprint density at radius 2 is 2.25 bits per heavy atom. The minimum Gasteiger partial charge on any atom is -0.490 e. The smallest absolute Gasteiger partial charge is 0.193 e. The van der Waals surface area contributed by atoms with Gasteiger partial charge in [0, 0.05) is 32.7 Å². The average Bonchev–Trinajstić information content (AvgIpc) is 3.05. The quantitative estimate of drug-likeness (QED) is 0.289. The Hall–Kier alpha value is -0.730. The fourth-order valence-electron chi connectivity index (χ4n) is 2.54. The van der Waals surface area contributed by atoms with Gasteiger partial charge < -0.3 is 19.7 Å². The Morgan fingerprint density at radius 3 is 2.92 bits per heavy atom. The molecule has 1 unspecified atom stereocenters. The highest BCUT2D eigenvalue weighted by Gasteiger charge is 2.18. The SMILES string of the molecule is CCNC(=NCCOc1ccccc1Cl)N(C)CC1CCOC1.I. The molecule has 1 aliphatic heterocycles. The van der Waals surface area contributed by atoms with Crippen LogP contribution in [-0.2, 0) is 4.74 Å². The van der Waals surface area contributed by atoms with Gasteiger partial charge in [0.05, 0.1) is 18.2 Å². The van der Waals surface area contributed by atoms with Gasteiger partial charge >= 0.3 is 0 Å². The second-order valence-electron chi connectivity index (χ2n) is 5.62. The summed E-state index contributed by atoms with van der Waals surface area (Å²) in [6.07, 6.45) is 1.12. The standard InChI is InChI=1S/C17H26ClN3O2.HI/c1-3-19-17(21(2)12-14-8-10-22-13-14)20-9-11-23-16-7-5-4-6-15(16)18;/h4-7,14H,3,8-13H2,1-2H3,(H,19,20);1H. The van der Waals surface area contributed by atoms with Crippen molar-refractivity contribution in [1.29, 1.82) is 0 Å². The molecule has 0 amide bonds. The fraction of sp³-hybridized carbons (Fsp3) is 0.588. The predicted molar refractivity (Wildman–Crippen MR) is 110 cm³/mol. The van der Waals surface area contributed by atoms with E-state index in [1.54, 1.807) is 0 Å². The summed E-state index contributed by atoms with van der Waals surface area (Å²) in [5.74, 6) is 2.19. The third-order valence-electron chi connectivity index (χ3n) is 3.70. The zero-order valence-corrected chi connectivity index (χ0v) is 17.4. The molecule has 1 fully saturated rings. The van der Waals surface area contributed by atoms with Crippen LogP contribution in [0.25, 0.3) is 0 Å². The van der Waals surface area contributed by atoms with Gasteiger partial charge in [-0.2, -0.15) is 0 Å². The molecule has 7 heteroatoms. The number of ether oxygens (including phenoxy) is 2. The van der Waals surface area contributed by atoms with Crippen LogP contribution < -0.4 is 10.1 Å². The first-order valence-corrected chi connectivity index (χ1v) is 8.53. The Bertz CT molecular complexity index is 510. The van der Waals surface area contributed by atoms with Crippen molar-refractivity contribution in [2.75, 3.05) is 46.5 Å². The van der Waals surface area contributed by atoms with Crippen molar-refractivity contribution >= 4 is 41.5 Å². The van der Waals surface area contributed by atoms with Gasteiger partial charge in [0.1, 0.15) is 12.4 Å². The van der Waals surface area contributed by atoms with Gasteiger partial charge in [0.2, 0.25) is 0 Å². The minimum absolute atomic E-state index is 0. The largest absolute Gasteiger partial charge is 0.490 e. The minimum atomic E-state index is 0. The van der Waals surface area contributed by atoms with Crippen LogP contribution in [0.4, 0.5) is 0 Å². The van der Waals surface area contributed by atoms with Crippen LogP contribution in [-0.4, -0.2) is 57.4 Å². The lowest BCUT2D eigenvalue weighted by molar-refractivity contribution is 0.181. The highest BCUT2D eigenvalue weighted by atomic mass is 127. The number of benzene rings is 1. The molecule has 5 nitrogen and oxygen atoms in total.